The Hall–Kier alpha value is 0.0249. The molecule has 0 atom stereocenters. The molecule has 0 aromatic rings. The third-order valence-electron chi connectivity index (χ3n) is 1.89. The molecule has 0 bridgehead atoms. The Morgan fingerprint density at radius 3 is 1.64 bits per heavy atom. The smallest absolute Gasteiger partial charge is 0.219 e. The molecule has 1 rings (SSSR count). The second kappa shape index (κ2) is 10.0. The van der Waals surface area contributed by atoms with Crippen molar-refractivity contribution in [2.24, 2.45) is 0 Å². The fourth-order valence-corrected chi connectivity index (χ4v) is 1.08. The summed E-state index contributed by atoms with van der Waals surface area (Å²) in [4.78, 5) is 2.40. The predicted octanol–water partition coefficient (Wildman–Crippen LogP) is 3.00. The van der Waals surface area contributed by atoms with Gasteiger partial charge in [0.2, 0.25) is 6.85 Å². The van der Waals surface area contributed by atoms with E-state index in [1.807, 2.05) is 27.7 Å². The highest BCUT2D eigenvalue weighted by molar-refractivity contribution is 6.54. The van der Waals surface area contributed by atoms with Gasteiger partial charge in [-0.1, -0.05) is 40.8 Å². The van der Waals surface area contributed by atoms with Gasteiger partial charge in [0.05, 0.1) is 0 Å². The lowest BCUT2D eigenvalue weighted by Gasteiger charge is -2.08. The van der Waals surface area contributed by atoms with Crippen LogP contribution in [0.2, 0.25) is 13.1 Å². The highest BCUT2D eigenvalue weighted by Crippen LogP contribution is 2.10. The molecule has 0 aliphatic carbocycles. The fourth-order valence-electron chi connectivity index (χ4n) is 1.08. The third-order valence-corrected chi connectivity index (χ3v) is 1.89. The third kappa shape index (κ3) is 6.42. The van der Waals surface area contributed by atoms with Gasteiger partial charge in [-0.3, -0.25) is 0 Å². The van der Waals surface area contributed by atoms with Crippen LogP contribution in [-0.2, 0) is 0 Å². The van der Waals surface area contributed by atoms with Gasteiger partial charge in [-0.15, -0.1) is 0 Å². The van der Waals surface area contributed by atoms with Gasteiger partial charge in [0.15, 0.2) is 0 Å². The molecular weight excluding hydrogens is 133 g/mol. The lowest BCUT2D eigenvalue weighted by atomic mass is 9.63. The maximum Gasteiger partial charge on any atom is 0.219 e. The molecule has 0 aromatic heterocycles. The topological polar surface area (TPSA) is 3.24 Å². The molecule has 1 aliphatic heterocycles. The summed E-state index contributed by atoms with van der Waals surface area (Å²) in [7, 11) is 2.19. The van der Waals surface area contributed by atoms with E-state index in [4.69, 9.17) is 0 Å². The highest BCUT2D eigenvalue weighted by Gasteiger charge is 2.18. The van der Waals surface area contributed by atoms with Gasteiger partial charge in [-0.25, -0.2) is 0 Å². The van der Waals surface area contributed by atoms with Crippen molar-refractivity contribution in [3.05, 3.63) is 0 Å². The SMILES string of the molecule is CB1CCCN1C.CC.CC. The van der Waals surface area contributed by atoms with Crippen LogP contribution in [0.5, 0.6) is 0 Å². The molecule has 0 saturated carbocycles. The molecule has 11 heavy (non-hydrogen) atoms. The molecular formula is C9H24BN. The molecule has 1 aliphatic rings. The van der Waals surface area contributed by atoms with Gasteiger partial charge >= 0.3 is 0 Å². The van der Waals surface area contributed by atoms with E-state index in [1.165, 1.54) is 19.3 Å². The van der Waals surface area contributed by atoms with E-state index in [9.17, 15) is 0 Å². The van der Waals surface area contributed by atoms with Crippen molar-refractivity contribution in [1.29, 1.82) is 0 Å². The Morgan fingerprint density at radius 2 is 1.55 bits per heavy atom. The summed E-state index contributed by atoms with van der Waals surface area (Å²) in [6, 6.07) is 0. The minimum absolute atomic E-state index is 0.847. The van der Waals surface area contributed by atoms with Crippen LogP contribution in [0.1, 0.15) is 34.1 Å². The summed E-state index contributed by atoms with van der Waals surface area (Å²) in [6.45, 7) is 12.4. The zero-order chi connectivity index (χ0) is 9.28. The van der Waals surface area contributed by atoms with Crippen LogP contribution in [0.25, 0.3) is 0 Å². The normalized spacial score (nSPS) is 16.4. The Bertz CT molecular complexity index is 58.6. The first-order valence-electron chi connectivity index (χ1n) is 5.01. The molecule has 0 aromatic carbocycles. The van der Waals surface area contributed by atoms with Crippen LogP contribution in [-0.4, -0.2) is 25.3 Å². The van der Waals surface area contributed by atoms with E-state index in [0.29, 0.717) is 0 Å². The van der Waals surface area contributed by atoms with Gasteiger partial charge in [0.1, 0.15) is 0 Å². The molecule has 0 spiro atoms. The van der Waals surface area contributed by atoms with Gasteiger partial charge < -0.3 is 4.81 Å². The first-order chi connectivity index (χ1) is 5.30. The van der Waals surface area contributed by atoms with Crippen molar-refractivity contribution in [3.8, 4) is 0 Å². The Balaban J connectivity index is 0. The van der Waals surface area contributed by atoms with Gasteiger partial charge in [0.25, 0.3) is 0 Å². The van der Waals surface area contributed by atoms with E-state index in [1.54, 1.807) is 0 Å². The Morgan fingerprint density at radius 1 is 1.09 bits per heavy atom. The molecule has 68 valence electrons. The summed E-state index contributed by atoms with van der Waals surface area (Å²) >= 11 is 0. The molecule has 0 unspecified atom stereocenters. The minimum atomic E-state index is 0.847. The van der Waals surface area contributed by atoms with Gasteiger partial charge in [0, 0.05) is 0 Å². The van der Waals surface area contributed by atoms with Crippen molar-refractivity contribution in [3.63, 3.8) is 0 Å². The number of hydrogen-bond acceptors (Lipinski definition) is 1. The fraction of sp³-hybridized carbons (Fsp3) is 1.00. The standard InChI is InChI=1S/C5H12BN.2C2H6/c1-6-4-3-5-7(6)2;2*1-2/h3-5H2,1-2H3;2*1-2H3. The van der Waals surface area contributed by atoms with Crippen LogP contribution < -0.4 is 0 Å². The molecule has 0 N–H and O–H groups in total. The monoisotopic (exact) mass is 157 g/mol. The van der Waals surface area contributed by atoms with Gasteiger partial charge in [-0.05, 0) is 20.0 Å². The summed E-state index contributed by atoms with van der Waals surface area (Å²) in [5.41, 5.74) is 0. The van der Waals surface area contributed by atoms with Crippen LogP contribution in [0, 0.1) is 0 Å². The maximum absolute atomic E-state index is 2.40. The van der Waals surface area contributed by atoms with Gasteiger partial charge in [-0.2, -0.15) is 0 Å². The average Bonchev–Trinajstić information content (AvgIpc) is 2.44. The second-order valence-corrected chi connectivity index (χ2v) is 2.47. The molecule has 1 heterocycles. The molecule has 1 saturated heterocycles. The first kappa shape index (κ1) is 13.6. The quantitative estimate of drug-likeness (QED) is 0.488. The molecule has 0 radical (unpaired) electrons. The van der Waals surface area contributed by atoms with Crippen LogP contribution >= 0.6 is 0 Å². The Labute approximate surface area is 73.3 Å². The number of hydrogen-bond donors (Lipinski definition) is 0. The summed E-state index contributed by atoms with van der Waals surface area (Å²) in [5.74, 6) is 0. The van der Waals surface area contributed by atoms with Crippen LogP contribution in [0.3, 0.4) is 0 Å². The van der Waals surface area contributed by atoms with Crippen molar-refractivity contribution in [1.82, 2.24) is 4.81 Å². The second-order valence-electron chi connectivity index (χ2n) is 2.47. The van der Waals surface area contributed by atoms with Crippen molar-refractivity contribution in [2.75, 3.05) is 13.6 Å². The van der Waals surface area contributed by atoms with E-state index in [2.05, 4.69) is 18.7 Å². The summed E-state index contributed by atoms with van der Waals surface area (Å²) < 4.78 is 0. The maximum atomic E-state index is 2.40. The highest BCUT2D eigenvalue weighted by atomic mass is 15.0. The largest absolute Gasteiger partial charge is 0.345 e. The van der Waals surface area contributed by atoms with Crippen LogP contribution in [0.4, 0.5) is 0 Å². The molecule has 1 nitrogen and oxygen atoms in total. The zero-order valence-corrected chi connectivity index (χ0v) is 9.15. The van der Waals surface area contributed by atoms with Crippen molar-refractivity contribution in [2.45, 2.75) is 47.3 Å². The van der Waals surface area contributed by atoms with Crippen molar-refractivity contribution < 1.29 is 0 Å². The summed E-state index contributed by atoms with van der Waals surface area (Å²) in [6.07, 6.45) is 2.80. The minimum Gasteiger partial charge on any atom is -0.345 e. The van der Waals surface area contributed by atoms with E-state index >= 15 is 0 Å². The summed E-state index contributed by atoms with van der Waals surface area (Å²) in [5, 5.41) is 0. The number of nitrogens with zero attached hydrogens (tertiary/aromatic N) is 1. The first-order valence-corrected chi connectivity index (χ1v) is 5.01. The average molecular weight is 157 g/mol. The van der Waals surface area contributed by atoms with E-state index in [0.717, 1.165) is 6.85 Å². The Kier molecular flexibility index (Phi) is 12.4. The predicted molar refractivity (Wildman–Crippen MR) is 56.4 cm³/mol. The van der Waals surface area contributed by atoms with E-state index in [-0.39, 0.29) is 0 Å². The molecule has 1 fully saturated rings. The molecule has 2 heteroatoms. The lowest BCUT2D eigenvalue weighted by Crippen LogP contribution is -2.25. The number of rotatable bonds is 0. The zero-order valence-electron chi connectivity index (χ0n) is 9.15. The lowest BCUT2D eigenvalue weighted by molar-refractivity contribution is 0.565. The van der Waals surface area contributed by atoms with Crippen LogP contribution in [0.15, 0.2) is 0 Å². The molecule has 0 amide bonds. The van der Waals surface area contributed by atoms with Crippen molar-refractivity contribution >= 4 is 6.85 Å². The van der Waals surface area contributed by atoms with E-state index < -0.39 is 0 Å².